The maximum Gasteiger partial charge on any atom is 0.501 e. The lowest BCUT2D eigenvalue weighted by atomic mass is 10.0. The summed E-state index contributed by atoms with van der Waals surface area (Å²) in [6.45, 7) is 11.1. The summed E-state index contributed by atoms with van der Waals surface area (Å²) in [5.41, 5.74) is -2.60. The first-order valence-electron chi connectivity index (χ1n) is 10.4. The normalized spacial score (nSPS) is 13.6. The standard InChI is InChI=1S/C21H32F6O3Si/c1-14(2)28-31(29-15(3)4,30-16(5)6)10-8-7-9-17-11-18(20(22,23)24)13-19(12-17)21(25,26)27/h11-16H,7-10H2,1-6H3. The van der Waals surface area contributed by atoms with E-state index in [1.54, 1.807) is 0 Å². The molecule has 180 valence electrons. The third-order valence-electron chi connectivity index (χ3n) is 4.09. The Bertz CT molecular complexity index is 628. The molecule has 1 rings (SSSR count). The van der Waals surface area contributed by atoms with E-state index in [9.17, 15) is 26.3 Å². The topological polar surface area (TPSA) is 27.7 Å². The van der Waals surface area contributed by atoms with Gasteiger partial charge < -0.3 is 13.3 Å². The van der Waals surface area contributed by atoms with Crippen LogP contribution < -0.4 is 0 Å². The summed E-state index contributed by atoms with van der Waals surface area (Å²) in [7, 11) is -3.06. The molecule has 0 atom stereocenters. The van der Waals surface area contributed by atoms with E-state index in [4.69, 9.17) is 13.3 Å². The summed E-state index contributed by atoms with van der Waals surface area (Å²) in [5, 5.41) is 0. The average Bonchev–Trinajstić information content (AvgIpc) is 2.55. The second kappa shape index (κ2) is 11.2. The van der Waals surface area contributed by atoms with Gasteiger partial charge in [-0.3, -0.25) is 0 Å². The maximum atomic E-state index is 13.0. The molecule has 0 saturated heterocycles. The summed E-state index contributed by atoms with van der Waals surface area (Å²) in [6, 6.07) is 2.12. The van der Waals surface area contributed by atoms with Gasteiger partial charge in [-0.15, -0.1) is 0 Å². The van der Waals surface area contributed by atoms with Crippen LogP contribution in [-0.4, -0.2) is 27.1 Å². The van der Waals surface area contributed by atoms with Crippen molar-refractivity contribution < 1.29 is 39.6 Å². The summed E-state index contributed by atoms with van der Waals surface area (Å²) >= 11 is 0. The Morgan fingerprint density at radius 3 is 1.39 bits per heavy atom. The van der Waals surface area contributed by atoms with Crippen LogP contribution in [0, 0.1) is 0 Å². The smallest absolute Gasteiger partial charge is 0.371 e. The fourth-order valence-electron chi connectivity index (χ4n) is 3.17. The van der Waals surface area contributed by atoms with Gasteiger partial charge in [-0.05, 0) is 84.6 Å². The van der Waals surface area contributed by atoms with Crippen molar-refractivity contribution in [2.45, 2.75) is 97.5 Å². The van der Waals surface area contributed by atoms with Crippen LogP contribution in [0.2, 0.25) is 6.04 Å². The number of unbranched alkanes of at least 4 members (excludes halogenated alkanes) is 1. The quantitative estimate of drug-likeness (QED) is 0.192. The summed E-state index contributed by atoms with van der Waals surface area (Å²) in [6.07, 6.45) is -9.22. The van der Waals surface area contributed by atoms with Crippen molar-refractivity contribution >= 4 is 8.80 Å². The van der Waals surface area contributed by atoms with Crippen molar-refractivity contribution in [2.75, 3.05) is 0 Å². The fraction of sp³-hybridized carbons (Fsp3) is 0.714. The van der Waals surface area contributed by atoms with Gasteiger partial charge in [-0.2, -0.15) is 26.3 Å². The van der Waals surface area contributed by atoms with Crippen LogP contribution in [0.25, 0.3) is 0 Å². The second-order valence-electron chi connectivity index (χ2n) is 8.30. The van der Waals surface area contributed by atoms with Gasteiger partial charge in [0.25, 0.3) is 0 Å². The Labute approximate surface area is 181 Å². The molecule has 0 heterocycles. The number of hydrogen-bond acceptors (Lipinski definition) is 3. The molecule has 0 N–H and O–H groups in total. The van der Waals surface area contributed by atoms with Gasteiger partial charge in [-0.1, -0.05) is 0 Å². The van der Waals surface area contributed by atoms with Crippen LogP contribution in [0.3, 0.4) is 0 Å². The number of halogens is 6. The van der Waals surface area contributed by atoms with Crippen molar-refractivity contribution in [3.8, 4) is 0 Å². The molecule has 0 saturated carbocycles. The average molecular weight is 475 g/mol. The van der Waals surface area contributed by atoms with Gasteiger partial charge in [0.2, 0.25) is 0 Å². The first-order chi connectivity index (χ1) is 14.0. The summed E-state index contributed by atoms with van der Waals surface area (Å²) in [5.74, 6) is 0. The van der Waals surface area contributed by atoms with E-state index in [-0.39, 0.29) is 36.4 Å². The third-order valence-corrected chi connectivity index (χ3v) is 7.55. The molecular weight excluding hydrogens is 442 g/mol. The summed E-state index contributed by atoms with van der Waals surface area (Å²) < 4.78 is 96.3. The first-order valence-corrected chi connectivity index (χ1v) is 12.3. The number of alkyl halides is 6. The van der Waals surface area contributed by atoms with Crippen molar-refractivity contribution in [3.63, 3.8) is 0 Å². The van der Waals surface area contributed by atoms with Crippen molar-refractivity contribution in [3.05, 3.63) is 34.9 Å². The highest BCUT2D eigenvalue weighted by atomic mass is 28.4. The lowest BCUT2D eigenvalue weighted by Crippen LogP contribution is -2.50. The van der Waals surface area contributed by atoms with Crippen LogP contribution in [-0.2, 0) is 32.1 Å². The minimum atomic E-state index is -4.85. The minimum absolute atomic E-state index is 0.00579. The molecule has 0 aliphatic heterocycles. The predicted octanol–water partition coefficient (Wildman–Crippen LogP) is 7.26. The number of rotatable bonds is 11. The minimum Gasteiger partial charge on any atom is -0.371 e. The van der Waals surface area contributed by atoms with Crippen molar-refractivity contribution in [1.82, 2.24) is 0 Å². The Balaban J connectivity index is 2.96. The molecule has 0 unspecified atom stereocenters. The van der Waals surface area contributed by atoms with Gasteiger partial charge in [0.05, 0.1) is 11.1 Å². The van der Waals surface area contributed by atoms with Crippen molar-refractivity contribution in [2.24, 2.45) is 0 Å². The Morgan fingerprint density at radius 1 is 0.677 bits per heavy atom. The molecule has 0 spiro atoms. The van der Waals surface area contributed by atoms with E-state index < -0.39 is 32.3 Å². The van der Waals surface area contributed by atoms with E-state index >= 15 is 0 Å². The summed E-state index contributed by atoms with van der Waals surface area (Å²) in [4.78, 5) is 0. The zero-order valence-corrected chi connectivity index (χ0v) is 19.8. The molecule has 1 aromatic carbocycles. The number of hydrogen-bond donors (Lipinski definition) is 0. The molecule has 10 heteroatoms. The van der Waals surface area contributed by atoms with Gasteiger partial charge in [0.15, 0.2) is 0 Å². The zero-order chi connectivity index (χ0) is 24.0. The molecule has 3 nitrogen and oxygen atoms in total. The van der Waals surface area contributed by atoms with Gasteiger partial charge in [0.1, 0.15) is 0 Å². The Hall–Kier alpha value is -1.10. The zero-order valence-electron chi connectivity index (χ0n) is 18.8. The molecule has 31 heavy (non-hydrogen) atoms. The van der Waals surface area contributed by atoms with Crippen LogP contribution >= 0.6 is 0 Å². The van der Waals surface area contributed by atoms with Crippen molar-refractivity contribution in [1.29, 1.82) is 0 Å². The largest absolute Gasteiger partial charge is 0.501 e. The highest BCUT2D eigenvalue weighted by molar-refractivity contribution is 6.60. The van der Waals surface area contributed by atoms with Gasteiger partial charge in [-0.25, -0.2) is 0 Å². The van der Waals surface area contributed by atoms with E-state index in [0.717, 1.165) is 12.1 Å². The molecule has 0 radical (unpaired) electrons. The van der Waals surface area contributed by atoms with Crippen LogP contribution in [0.4, 0.5) is 26.3 Å². The van der Waals surface area contributed by atoms with Crippen LogP contribution in [0.5, 0.6) is 0 Å². The molecule has 0 amide bonds. The number of benzene rings is 1. The fourth-order valence-corrected chi connectivity index (χ4v) is 6.53. The molecule has 0 bridgehead atoms. The Morgan fingerprint density at radius 2 is 1.06 bits per heavy atom. The van der Waals surface area contributed by atoms with Crippen LogP contribution in [0.1, 0.15) is 71.1 Å². The Kier molecular flexibility index (Phi) is 10.1. The first kappa shape index (κ1) is 27.9. The lowest BCUT2D eigenvalue weighted by molar-refractivity contribution is -0.143. The van der Waals surface area contributed by atoms with E-state index in [1.165, 1.54) is 0 Å². The van der Waals surface area contributed by atoms with Gasteiger partial charge >= 0.3 is 21.2 Å². The van der Waals surface area contributed by atoms with E-state index in [0.29, 0.717) is 18.9 Å². The maximum absolute atomic E-state index is 13.0. The van der Waals surface area contributed by atoms with Crippen LogP contribution in [0.15, 0.2) is 18.2 Å². The predicted molar refractivity (Wildman–Crippen MR) is 109 cm³/mol. The molecule has 0 aromatic heterocycles. The highest BCUT2D eigenvalue weighted by Gasteiger charge is 2.43. The molecule has 0 fully saturated rings. The second-order valence-corrected chi connectivity index (χ2v) is 10.9. The molecule has 0 aliphatic carbocycles. The third kappa shape index (κ3) is 9.92. The van der Waals surface area contributed by atoms with E-state index in [2.05, 4.69) is 0 Å². The highest BCUT2D eigenvalue weighted by Crippen LogP contribution is 2.36. The molecular formula is C21H32F6O3Si. The van der Waals surface area contributed by atoms with E-state index in [1.807, 2.05) is 41.5 Å². The molecule has 1 aromatic rings. The molecule has 0 aliphatic rings. The van der Waals surface area contributed by atoms with Gasteiger partial charge in [0, 0.05) is 24.4 Å². The lowest BCUT2D eigenvalue weighted by Gasteiger charge is -2.34. The number of aryl methyl sites for hydroxylation is 1. The monoisotopic (exact) mass is 474 g/mol. The SMILES string of the molecule is CC(C)O[Si](CCCCc1cc(C(F)(F)F)cc(C(F)(F)F)c1)(OC(C)C)OC(C)C.